The van der Waals surface area contributed by atoms with Crippen LogP contribution in [0.5, 0.6) is 11.5 Å². The summed E-state index contributed by atoms with van der Waals surface area (Å²) in [7, 11) is 1.58. The van der Waals surface area contributed by atoms with Crippen LogP contribution in [0.2, 0.25) is 0 Å². The SMILES string of the molecule is COc1ccc(CNC(CCO)C2CC2)c(O)c1. The molecule has 1 aliphatic carbocycles. The Kier molecular flexibility index (Phi) is 4.44. The first-order valence-corrected chi connectivity index (χ1v) is 6.44. The maximum atomic E-state index is 9.85. The van der Waals surface area contributed by atoms with Gasteiger partial charge in [0, 0.05) is 30.8 Å². The fourth-order valence-electron chi connectivity index (χ4n) is 2.20. The van der Waals surface area contributed by atoms with Crippen molar-refractivity contribution in [2.75, 3.05) is 13.7 Å². The number of aliphatic hydroxyl groups is 1. The first kappa shape index (κ1) is 13.2. The third-order valence-electron chi connectivity index (χ3n) is 3.48. The highest BCUT2D eigenvalue weighted by atomic mass is 16.5. The molecule has 0 aliphatic heterocycles. The molecule has 0 spiro atoms. The molecule has 0 heterocycles. The Morgan fingerprint density at radius 2 is 2.22 bits per heavy atom. The Morgan fingerprint density at radius 1 is 1.44 bits per heavy atom. The van der Waals surface area contributed by atoms with Crippen LogP contribution in [-0.4, -0.2) is 30.0 Å². The van der Waals surface area contributed by atoms with Crippen molar-refractivity contribution in [2.45, 2.75) is 31.8 Å². The van der Waals surface area contributed by atoms with E-state index in [-0.39, 0.29) is 12.4 Å². The molecule has 1 saturated carbocycles. The fourth-order valence-corrected chi connectivity index (χ4v) is 2.20. The topological polar surface area (TPSA) is 61.7 Å². The van der Waals surface area contributed by atoms with E-state index < -0.39 is 0 Å². The summed E-state index contributed by atoms with van der Waals surface area (Å²) < 4.78 is 5.05. The predicted molar refractivity (Wildman–Crippen MR) is 69.7 cm³/mol. The lowest BCUT2D eigenvalue weighted by molar-refractivity contribution is 0.255. The average molecular weight is 251 g/mol. The molecule has 1 aliphatic rings. The average Bonchev–Trinajstić information content (AvgIpc) is 3.20. The van der Waals surface area contributed by atoms with E-state index in [0.29, 0.717) is 24.3 Å². The quantitative estimate of drug-likeness (QED) is 0.689. The number of phenolic OH excluding ortho intramolecular Hbond substituents is 1. The fraction of sp³-hybridized carbons (Fsp3) is 0.571. The summed E-state index contributed by atoms with van der Waals surface area (Å²) in [5, 5.41) is 22.3. The molecule has 4 nitrogen and oxygen atoms in total. The molecule has 1 aromatic carbocycles. The zero-order valence-corrected chi connectivity index (χ0v) is 10.7. The Labute approximate surface area is 108 Å². The molecule has 1 unspecified atom stereocenters. The van der Waals surface area contributed by atoms with E-state index in [4.69, 9.17) is 9.84 Å². The number of hydrogen-bond donors (Lipinski definition) is 3. The Bertz CT molecular complexity index is 391. The smallest absolute Gasteiger partial charge is 0.123 e. The Morgan fingerprint density at radius 3 is 2.78 bits per heavy atom. The van der Waals surface area contributed by atoms with Crippen molar-refractivity contribution in [3.05, 3.63) is 23.8 Å². The maximum Gasteiger partial charge on any atom is 0.123 e. The zero-order chi connectivity index (χ0) is 13.0. The third-order valence-corrected chi connectivity index (χ3v) is 3.48. The van der Waals surface area contributed by atoms with Gasteiger partial charge in [-0.15, -0.1) is 0 Å². The van der Waals surface area contributed by atoms with E-state index in [9.17, 15) is 5.11 Å². The standard InChI is InChI=1S/C14H21NO3/c1-18-12-5-4-11(14(17)8-12)9-15-13(6-7-16)10-2-3-10/h4-5,8,10,13,15-17H,2-3,6-7,9H2,1H3. The summed E-state index contributed by atoms with van der Waals surface area (Å²) in [4.78, 5) is 0. The van der Waals surface area contributed by atoms with Crippen LogP contribution in [0.4, 0.5) is 0 Å². The second kappa shape index (κ2) is 6.07. The first-order chi connectivity index (χ1) is 8.74. The number of ether oxygens (including phenoxy) is 1. The van der Waals surface area contributed by atoms with Gasteiger partial charge in [0.15, 0.2) is 0 Å². The number of aromatic hydroxyl groups is 1. The number of phenols is 1. The maximum absolute atomic E-state index is 9.85. The second-order valence-corrected chi connectivity index (χ2v) is 4.83. The molecule has 100 valence electrons. The molecule has 4 heteroatoms. The van der Waals surface area contributed by atoms with Crippen LogP contribution in [0, 0.1) is 5.92 Å². The van der Waals surface area contributed by atoms with Gasteiger partial charge in [0.2, 0.25) is 0 Å². The molecule has 0 radical (unpaired) electrons. The second-order valence-electron chi connectivity index (χ2n) is 4.83. The molecular weight excluding hydrogens is 230 g/mol. The monoisotopic (exact) mass is 251 g/mol. The molecule has 0 saturated heterocycles. The van der Waals surface area contributed by atoms with Crippen LogP contribution < -0.4 is 10.1 Å². The molecule has 0 bridgehead atoms. The summed E-state index contributed by atoms with van der Waals surface area (Å²) in [6.45, 7) is 0.833. The number of aliphatic hydroxyl groups excluding tert-OH is 1. The summed E-state index contributed by atoms with van der Waals surface area (Å²) in [5.41, 5.74) is 0.861. The van der Waals surface area contributed by atoms with Crippen molar-refractivity contribution >= 4 is 0 Å². The van der Waals surface area contributed by atoms with Gasteiger partial charge in [-0.3, -0.25) is 0 Å². The van der Waals surface area contributed by atoms with Crippen LogP contribution in [-0.2, 0) is 6.54 Å². The molecule has 0 aromatic heterocycles. The van der Waals surface area contributed by atoms with Gasteiger partial charge in [0.25, 0.3) is 0 Å². The van der Waals surface area contributed by atoms with Crippen molar-refractivity contribution in [1.82, 2.24) is 5.32 Å². The van der Waals surface area contributed by atoms with Crippen molar-refractivity contribution < 1.29 is 14.9 Å². The van der Waals surface area contributed by atoms with Gasteiger partial charge < -0.3 is 20.3 Å². The van der Waals surface area contributed by atoms with E-state index in [1.165, 1.54) is 12.8 Å². The van der Waals surface area contributed by atoms with E-state index >= 15 is 0 Å². The van der Waals surface area contributed by atoms with E-state index in [1.807, 2.05) is 12.1 Å². The minimum atomic E-state index is 0.211. The molecule has 0 amide bonds. The normalized spacial score (nSPS) is 16.6. The molecule has 2 rings (SSSR count). The summed E-state index contributed by atoms with van der Waals surface area (Å²) in [6, 6.07) is 5.69. The third kappa shape index (κ3) is 3.37. The molecule has 3 N–H and O–H groups in total. The Balaban J connectivity index is 1.92. The molecule has 1 aromatic rings. The lowest BCUT2D eigenvalue weighted by Gasteiger charge is -2.17. The predicted octanol–water partition coefficient (Wildman–Crippen LogP) is 1.65. The highest BCUT2D eigenvalue weighted by Crippen LogP contribution is 2.34. The van der Waals surface area contributed by atoms with Gasteiger partial charge in [-0.05, 0) is 31.2 Å². The number of benzene rings is 1. The van der Waals surface area contributed by atoms with E-state index in [0.717, 1.165) is 12.0 Å². The summed E-state index contributed by atoms with van der Waals surface area (Å²) in [6.07, 6.45) is 3.26. The largest absolute Gasteiger partial charge is 0.507 e. The molecular formula is C14H21NO3. The van der Waals surface area contributed by atoms with Crippen LogP contribution in [0.25, 0.3) is 0 Å². The lowest BCUT2D eigenvalue weighted by Crippen LogP contribution is -2.31. The molecule has 1 fully saturated rings. The molecule has 1 atom stereocenters. The summed E-state index contributed by atoms with van der Waals surface area (Å²) in [5.74, 6) is 1.60. The minimum Gasteiger partial charge on any atom is -0.507 e. The van der Waals surface area contributed by atoms with Gasteiger partial charge in [-0.2, -0.15) is 0 Å². The van der Waals surface area contributed by atoms with Crippen molar-refractivity contribution in [2.24, 2.45) is 5.92 Å². The first-order valence-electron chi connectivity index (χ1n) is 6.44. The Hall–Kier alpha value is -1.26. The van der Waals surface area contributed by atoms with Gasteiger partial charge in [-0.25, -0.2) is 0 Å². The van der Waals surface area contributed by atoms with Crippen LogP contribution in [0.1, 0.15) is 24.8 Å². The number of rotatable bonds is 7. The number of nitrogens with one attached hydrogen (secondary N) is 1. The zero-order valence-electron chi connectivity index (χ0n) is 10.7. The van der Waals surface area contributed by atoms with Gasteiger partial charge in [0.05, 0.1) is 7.11 Å². The van der Waals surface area contributed by atoms with Crippen LogP contribution in [0.15, 0.2) is 18.2 Å². The number of methoxy groups -OCH3 is 1. The van der Waals surface area contributed by atoms with E-state index in [2.05, 4.69) is 5.32 Å². The minimum absolute atomic E-state index is 0.211. The van der Waals surface area contributed by atoms with Crippen molar-refractivity contribution in [3.8, 4) is 11.5 Å². The van der Waals surface area contributed by atoms with Gasteiger partial charge in [0.1, 0.15) is 11.5 Å². The highest BCUT2D eigenvalue weighted by Gasteiger charge is 2.30. The lowest BCUT2D eigenvalue weighted by atomic mass is 10.1. The molecule has 18 heavy (non-hydrogen) atoms. The van der Waals surface area contributed by atoms with Crippen molar-refractivity contribution in [1.29, 1.82) is 0 Å². The van der Waals surface area contributed by atoms with Crippen molar-refractivity contribution in [3.63, 3.8) is 0 Å². The van der Waals surface area contributed by atoms with Gasteiger partial charge >= 0.3 is 0 Å². The highest BCUT2D eigenvalue weighted by molar-refractivity contribution is 5.39. The van der Waals surface area contributed by atoms with Crippen LogP contribution in [0.3, 0.4) is 0 Å². The van der Waals surface area contributed by atoms with Gasteiger partial charge in [-0.1, -0.05) is 6.07 Å². The summed E-state index contributed by atoms with van der Waals surface area (Å²) >= 11 is 0. The van der Waals surface area contributed by atoms with E-state index in [1.54, 1.807) is 13.2 Å². The van der Waals surface area contributed by atoms with Crippen LogP contribution >= 0.6 is 0 Å². The number of hydrogen-bond acceptors (Lipinski definition) is 4.